The van der Waals surface area contributed by atoms with E-state index in [0.29, 0.717) is 35.9 Å². The number of nitrogens with zero attached hydrogens (tertiary/aromatic N) is 2. The second kappa shape index (κ2) is 7.64. The van der Waals surface area contributed by atoms with Crippen LogP contribution in [-0.4, -0.2) is 30.8 Å². The average Bonchev–Trinajstić information content (AvgIpc) is 3.28. The highest BCUT2D eigenvalue weighted by Crippen LogP contribution is 2.32. The summed E-state index contributed by atoms with van der Waals surface area (Å²) in [5.41, 5.74) is 2.02. The lowest BCUT2D eigenvalue weighted by molar-refractivity contribution is -0.122. The number of carbonyl (C=O) groups excluding carboxylic acids is 3. The maximum atomic E-state index is 12.7. The molecule has 0 radical (unpaired) electrons. The van der Waals surface area contributed by atoms with E-state index < -0.39 is 5.92 Å². The molecule has 0 aromatic heterocycles. The molecule has 3 amide bonds. The molecule has 4 rings (SSSR count). The molecule has 1 N–H and O–H groups in total. The summed E-state index contributed by atoms with van der Waals surface area (Å²) < 4.78 is 0. The fourth-order valence-corrected chi connectivity index (χ4v) is 3.94. The number of nitrogens with one attached hydrogen (secondary N) is 1. The number of anilines is 3. The van der Waals surface area contributed by atoms with Crippen LogP contribution >= 0.6 is 11.6 Å². The van der Waals surface area contributed by atoms with Gasteiger partial charge in [-0.25, -0.2) is 0 Å². The summed E-state index contributed by atoms with van der Waals surface area (Å²) in [5, 5.41) is 3.37. The number of rotatable bonds is 4. The van der Waals surface area contributed by atoms with Crippen LogP contribution < -0.4 is 15.1 Å². The van der Waals surface area contributed by atoms with Crippen molar-refractivity contribution in [2.75, 3.05) is 28.2 Å². The van der Waals surface area contributed by atoms with Gasteiger partial charge in [-0.1, -0.05) is 29.8 Å². The second-order valence-corrected chi connectivity index (χ2v) is 7.45. The molecule has 0 spiro atoms. The Hall–Kier alpha value is -2.86. The predicted octanol–water partition coefficient (Wildman–Crippen LogP) is 3.46. The highest BCUT2D eigenvalue weighted by atomic mass is 35.5. The third-order valence-electron chi connectivity index (χ3n) is 5.14. The quantitative estimate of drug-likeness (QED) is 0.858. The molecule has 7 heteroatoms. The summed E-state index contributed by atoms with van der Waals surface area (Å²) in [4.78, 5) is 40.3. The fraction of sp³-hybridized carbons (Fsp3) is 0.286. The summed E-state index contributed by atoms with van der Waals surface area (Å²) in [6, 6.07) is 14.4. The molecule has 6 nitrogen and oxygen atoms in total. The van der Waals surface area contributed by atoms with Crippen molar-refractivity contribution in [1.29, 1.82) is 0 Å². The molecular weight excluding hydrogens is 378 g/mol. The minimum atomic E-state index is -0.458. The Morgan fingerprint density at radius 1 is 1.04 bits per heavy atom. The van der Waals surface area contributed by atoms with Crippen LogP contribution in [0, 0.1) is 5.92 Å². The molecule has 0 unspecified atom stereocenters. The zero-order valence-electron chi connectivity index (χ0n) is 15.2. The molecule has 0 bridgehead atoms. The minimum Gasteiger partial charge on any atom is -0.326 e. The molecule has 0 saturated carbocycles. The first kappa shape index (κ1) is 18.5. The van der Waals surface area contributed by atoms with E-state index in [0.717, 1.165) is 12.1 Å². The Balaban J connectivity index is 1.45. The van der Waals surface area contributed by atoms with Gasteiger partial charge in [0, 0.05) is 37.3 Å². The Morgan fingerprint density at radius 3 is 2.61 bits per heavy atom. The SMILES string of the molecule is O=C(Nc1cccc(N2CCCC2=O)c1)[C@@H]1CC(=O)N(c2ccccc2Cl)C1. The third-order valence-corrected chi connectivity index (χ3v) is 5.46. The van der Waals surface area contributed by atoms with Crippen LogP contribution in [0.25, 0.3) is 0 Å². The average molecular weight is 398 g/mol. The zero-order chi connectivity index (χ0) is 19.7. The predicted molar refractivity (Wildman–Crippen MR) is 109 cm³/mol. The van der Waals surface area contributed by atoms with E-state index in [4.69, 9.17) is 11.6 Å². The van der Waals surface area contributed by atoms with E-state index in [1.807, 2.05) is 18.2 Å². The van der Waals surface area contributed by atoms with E-state index in [1.165, 1.54) is 0 Å². The number of para-hydroxylation sites is 1. The van der Waals surface area contributed by atoms with Crippen LogP contribution in [-0.2, 0) is 14.4 Å². The van der Waals surface area contributed by atoms with Gasteiger partial charge in [0.1, 0.15) is 0 Å². The van der Waals surface area contributed by atoms with Gasteiger partial charge in [0.25, 0.3) is 0 Å². The number of amides is 3. The van der Waals surface area contributed by atoms with Gasteiger partial charge in [0.05, 0.1) is 16.6 Å². The van der Waals surface area contributed by atoms with Crippen LogP contribution in [0.1, 0.15) is 19.3 Å². The topological polar surface area (TPSA) is 69.7 Å². The first-order valence-corrected chi connectivity index (χ1v) is 9.67. The second-order valence-electron chi connectivity index (χ2n) is 7.05. The first-order chi connectivity index (χ1) is 13.5. The monoisotopic (exact) mass is 397 g/mol. The Morgan fingerprint density at radius 2 is 1.86 bits per heavy atom. The summed E-state index contributed by atoms with van der Waals surface area (Å²) in [5.74, 6) is -0.696. The molecule has 2 aromatic rings. The number of hydrogen-bond donors (Lipinski definition) is 1. The molecule has 2 aromatic carbocycles. The van der Waals surface area contributed by atoms with Gasteiger partial charge in [0.2, 0.25) is 17.7 Å². The molecule has 28 heavy (non-hydrogen) atoms. The van der Waals surface area contributed by atoms with Gasteiger partial charge in [-0.15, -0.1) is 0 Å². The normalized spacial score (nSPS) is 19.4. The summed E-state index contributed by atoms with van der Waals surface area (Å²) in [7, 11) is 0. The van der Waals surface area contributed by atoms with Crippen LogP contribution in [0.2, 0.25) is 5.02 Å². The van der Waals surface area contributed by atoms with Gasteiger partial charge in [-0.3, -0.25) is 14.4 Å². The number of carbonyl (C=O) groups is 3. The largest absolute Gasteiger partial charge is 0.326 e. The van der Waals surface area contributed by atoms with Crippen LogP contribution in [0.5, 0.6) is 0 Å². The van der Waals surface area contributed by atoms with E-state index >= 15 is 0 Å². The molecular formula is C21H20ClN3O3. The van der Waals surface area contributed by atoms with Crippen molar-refractivity contribution in [2.24, 2.45) is 5.92 Å². The molecule has 2 aliphatic heterocycles. The highest BCUT2D eigenvalue weighted by molar-refractivity contribution is 6.33. The standard InChI is InChI=1S/C21H20ClN3O3/c22-17-7-1-2-8-18(17)25-13-14(11-20(25)27)21(28)23-15-5-3-6-16(12-15)24-10-4-9-19(24)26/h1-3,5-8,12,14H,4,9-11,13H2,(H,23,28)/t14-/m1/s1. The molecule has 2 saturated heterocycles. The number of hydrogen-bond acceptors (Lipinski definition) is 3. The maximum Gasteiger partial charge on any atom is 0.229 e. The Labute approximate surface area is 168 Å². The zero-order valence-corrected chi connectivity index (χ0v) is 16.0. The molecule has 2 fully saturated rings. The molecule has 144 valence electrons. The van der Waals surface area contributed by atoms with Crippen molar-refractivity contribution in [1.82, 2.24) is 0 Å². The van der Waals surface area contributed by atoms with Crippen molar-refractivity contribution in [2.45, 2.75) is 19.3 Å². The highest BCUT2D eigenvalue weighted by Gasteiger charge is 2.36. The molecule has 2 aliphatic rings. The number of halogens is 1. The van der Waals surface area contributed by atoms with Gasteiger partial charge >= 0.3 is 0 Å². The molecule has 0 aliphatic carbocycles. The van der Waals surface area contributed by atoms with Gasteiger partial charge in [-0.05, 0) is 36.8 Å². The van der Waals surface area contributed by atoms with Crippen LogP contribution in [0.4, 0.5) is 17.1 Å². The smallest absolute Gasteiger partial charge is 0.229 e. The van der Waals surface area contributed by atoms with Gasteiger partial charge in [-0.2, -0.15) is 0 Å². The van der Waals surface area contributed by atoms with Crippen LogP contribution in [0.3, 0.4) is 0 Å². The van der Waals surface area contributed by atoms with E-state index in [9.17, 15) is 14.4 Å². The lowest BCUT2D eigenvalue weighted by Crippen LogP contribution is -2.28. The maximum absolute atomic E-state index is 12.7. The van der Waals surface area contributed by atoms with E-state index in [-0.39, 0.29) is 24.1 Å². The summed E-state index contributed by atoms with van der Waals surface area (Å²) in [6.45, 7) is 0.985. The van der Waals surface area contributed by atoms with Crippen molar-refractivity contribution >= 4 is 46.4 Å². The van der Waals surface area contributed by atoms with E-state index in [2.05, 4.69) is 5.32 Å². The first-order valence-electron chi connectivity index (χ1n) is 9.29. The Bertz CT molecular complexity index is 946. The van der Waals surface area contributed by atoms with E-state index in [1.54, 1.807) is 40.1 Å². The summed E-state index contributed by atoms with van der Waals surface area (Å²) in [6.07, 6.45) is 1.54. The minimum absolute atomic E-state index is 0.0975. The molecule has 2 heterocycles. The van der Waals surface area contributed by atoms with Crippen molar-refractivity contribution in [3.8, 4) is 0 Å². The van der Waals surface area contributed by atoms with Gasteiger partial charge < -0.3 is 15.1 Å². The van der Waals surface area contributed by atoms with Crippen molar-refractivity contribution < 1.29 is 14.4 Å². The fourth-order valence-electron chi connectivity index (χ4n) is 3.70. The third kappa shape index (κ3) is 3.60. The Kier molecular flexibility index (Phi) is 5.05. The van der Waals surface area contributed by atoms with Crippen molar-refractivity contribution in [3.63, 3.8) is 0 Å². The summed E-state index contributed by atoms with van der Waals surface area (Å²) >= 11 is 6.19. The number of benzene rings is 2. The lowest BCUT2D eigenvalue weighted by atomic mass is 10.1. The van der Waals surface area contributed by atoms with Gasteiger partial charge in [0.15, 0.2) is 0 Å². The van der Waals surface area contributed by atoms with Crippen molar-refractivity contribution in [3.05, 3.63) is 53.6 Å². The van der Waals surface area contributed by atoms with Crippen LogP contribution in [0.15, 0.2) is 48.5 Å². The molecule has 1 atom stereocenters. The lowest BCUT2D eigenvalue weighted by Gasteiger charge is -2.19.